The van der Waals surface area contributed by atoms with Crippen LogP contribution in [-0.4, -0.2) is 30.6 Å². The van der Waals surface area contributed by atoms with Gasteiger partial charge in [0.25, 0.3) is 0 Å². The number of rotatable bonds is 4. The van der Waals surface area contributed by atoms with Crippen LogP contribution in [-0.2, 0) is 9.53 Å². The van der Waals surface area contributed by atoms with Crippen LogP contribution in [0.15, 0.2) is 18.3 Å². The number of carbonyl (C=O) groups excluding carboxylic acids is 1. The predicted molar refractivity (Wildman–Crippen MR) is 111 cm³/mol. The van der Waals surface area contributed by atoms with Crippen molar-refractivity contribution in [2.45, 2.75) is 45.3 Å². The summed E-state index contributed by atoms with van der Waals surface area (Å²) in [5, 5.41) is 0.680. The van der Waals surface area contributed by atoms with Crippen LogP contribution in [0.5, 0.6) is 5.75 Å². The lowest BCUT2D eigenvalue weighted by atomic mass is 10.1. The topological polar surface area (TPSA) is 48.4 Å². The third kappa shape index (κ3) is 5.24. The van der Waals surface area contributed by atoms with E-state index in [1.54, 1.807) is 20.0 Å². The lowest BCUT2D eigenvalue weighted by Gasteiger charge is -2.24. The third-order valence-electron chi connectivity index (χ3n) is 3.65. The molecule has 1 aromatic heterocycles. The first-order valence-corrected chi connectivity index (χ1v) is 12.6. The molecule has 0 spiro atoms. The number of aromatic nitrogens is 1. The van der Waals surface area contributed by atoms with Crippen LogP contribution in [0.25, 0.3) is 10.9 Å². The Morgan fingerprint density at radius 2 is 2.04 bits per heavy atom. The van der Waals surface area contributed by atoms with Crippen LogP contribution in [0.4, 0.5) is 4.39 Å². The number of thiol groups is 1. The zero-order valence-electron chi connectivity index (χ0n) is 16.4. The van der Waals surface area contributed by atoms with Crippen LogP contribution < -0.4 is 4.74 Å². The van der Waals surface area contributed by atoms with Gasteiger partial charge in [-0.05, 0) is 32.9 Å². The highest BCUT2D eigenvalue weighted by Gasteiger charge is 2.34. The molecule has 1 heterocycles. The molecule has 1 aromatic carbocycles. The van der Waals surface area contributed by atoms with E-state index < -0.39 is 24.8 Å². The van der Waals surface area contributed by atoms with E-state index in [0.29, 0.717) is 16.5 Å². The van der Waals surface area contributed by atoms with Crippen molar-refractivity contribution in [3.63, 3.8) is 0 Å². The van der Waals surface area contributed by atoms with Crippen molar-refractivity contribution in [2.75, 3.05) is 6.61 Å². The summed E-state index contributed by atoms with van der Waals surface area (Å²) in [6.07, 6.45) is 1.64. The van der Waals surface area contributed by atoms with Gasteiger partial charge < -0.3 is 9.47 Å². The van der Waals surface area contributed by atoms with Crippen molar-refractivity contribution >= 4 is 37.6 Å². The molecule has 0 aliphatic carbocycles. The Morgan fingerprint density at radius 1 is 1.37 bits per heavy atom. The second-order valence-corrected chi connectivity index (χ2v) is 13.0. The van der Waals surface area contributed by atoms with Gasteiger partial charge in [-0.25, -0.2) is 9.18 Å². The molecule has 1 atom stereocenters. The van der Waals surface area contributed by atoms with Gasteiger partial charge in [-0.2, -0.15) is 0 Å². The van der Waals surface area contributed by atoms with Gasteiger partial charge in [0, 0.05) is 22.7 Å². The van der Waals surface area contributed by atoms with E-state index in [4.69, 9.17) is 9.47 Å². The van der Waals surface area contributed by atoms with E-state index in [9.17, 15) is 9.18 Å². The van der Waals surface area contributed by atoms with Crippen molar-refractivity contribution in [3.8, 4) is 17.2 Å². The van der Waals surface area contributed by atoms with Gasteiger partial charge in [-0.1, -0.05) is 25.6 Å². The number of fused-ring (bicyclic) bond motifs is 1. The molecule has 2 aromatic rings. The van der Waals surface area contributed by atoms with Crippen molar-refractivity contribution in [1.29, 1.82) is 0 Å². The molecule has 0 fully saturated rings. The van der Waals surface area contributed by atoms with Gasteiger partial charge in [0.2, 0.25) is 4.93 Å². The monoisotopic (exact) mass is 405 g/mol. The highest BCUT2D eigenvalue weighted by atomic mass is 32.1. The third-order valence-corrected chi connectivity index (χ3v) is 4.80. The molecular weight excluding hydrogens is 381 g/mol. The second-order valence-electron chi connectivity index (χ2n) is 7.41. The highest BCUT2D eigenvalue weighted by Crippen LogP contribution is 2.32. The van der Waals surface area contributed by atoms with Crippen molar-refractivity contribution in [2.24, 2.45) is 0 Å². The first-order valence-electron chi connectivity index (χ1n) is 8.65. The predicted octanol–water partition coefficient (Wildman–Crippen LogP) is 4.50. The molecular formula is C20H24FNO3SSi. The fourth-order valence-corrected chi connectivity index (χ4v) is 3.00. The largest absolute Gasteiger partial charge is 0.463 e. The van der Waals surface area contributed by atoms with Crippen molar-refractivity contribution in [3.05, 3.63) is 35.3 Å². The van der Waals surface area contributed by atoms with Gasteiger partial charge in [0.05, 0.1) is 12.1 Å². The maximum atomic E-state index is 14.7. The summed E-state index contributed by atoms with van der Waals surface area (Å²) in [7, 11) is -1.53. The number of carbonyl (C=O) groups is 1. The summed E-state index contributed by atoms with van der Waals surface area (Å²) < 4.78 is 25.2. The molecule has 1 unspecified atom stereocenters. The van der Waals surface area contributed by atoms with Gasteiger partial charge in [-0.15, -0.1) is 18.2 Å². The molecule has 4 nitrogen and oxygen atoms in total. The SMILES string of the molecule is CCOC(=O)C(C)(S)Oc1cc2cc(C#C[Si](C)(C)C)cnc2c(C)c1F. The summed E-state index contributed by atoms with van der Waals surface area (Å²) in [4.78, 5) is 14.7. The van der Waals surface area contributed by atoms with Crippen molar-refractivity contribution in [1.82, 2.24) is 4.98 Å². The first-order chi connectivity index (χ1) is 12.4. The number of halogens is 1. The zero-order valence-corrected chi connectivity index (χ0v) is 18.3. The van der Waals surface area contributed by atoms with E-state index in [-0.39, 0.29) is 12.4 Å². The summed E-state index contributed by atoms with van der Waals surface area (Å²) >= 11 is 4.19. The minimum Gasteiger partial charge on any atom is -0.463 e. The number of ether oxygens (including phenoxy) is 2. The Labute approximate surface area is 165 Å². The summed E-state index contributed by atoms with van der Waals surface area (Å²) in [6, 6.07) is 3.35. The Morgan fingerprint density at radius 3 is 2.63 bits per heavy atom. The minimum atomic E-state index is -1.61. The number of pyridine rings is 1. The van der Waals surface area contributed by atoms with E-state index in [0.717, 1.165) is 5.56 Å². The molecule has 0 aliphatic heterocycles. The van der Waals surface area contributed by atoms with Crippen LogP contribution >= 0.6 is 12.6 Å². The maximum absolute atomic E-state index is 14.7. The molecule has 27 heavy (non-hydrogen) atoms. The molecule has 2 rings (SSSR count). The number of aryl methyl sites for hydroxylation is 1. The minimum absolute atomic E-state index is 0.0809. The van der Waals surface area contributed by atoms with Gasteiger partial charge in [0.1, 0.15) is 8.07 Å². The molecule has 0 bridgehead atoms. The van der Waals surface area contributed by atoms with E-state index in [2.05, 4.69) is 48.7 Å². The van der Waals surface area contributed by atoms with Gasteiger partial charge >= 0.3 is 5.97 Å². The van der Waals surface area contributed by atoms with Crippen LogP contribution in [0, 0.1) is 24.2 Å². The lowest BCUT2D eigenvalue weighted by molar-refractivity contribution is -0.152. The standard InChI is InChI=1S/C20H24FNO3SSi/c1-7-24-19(23)20(3,26)25-16-11-15-10-14(8-9-27(4,5)6)12-22-18(15)13(2)17(16)21/h10-12,26H,7H2,1-6H3. The van der Waals surface area contributed by atoms with Gasteiger partial charge in [0.15, 0.2) is 11.6 Å². The summed E-state index contributed by atoms with van der Waals surface area (Å²) in [5.41, 5.74) is 4.89. The Kier molecular flexibility index (Phi) is 6.23. The number of benzene rings is 1. The maximum Gasteiger partial charge on any atom is 0.360 e. The number of hydrogen-bond acceptors (Lipinski definition) is 5. The van der Waals surface area contributed by atoms with E-state index >= 15 is 0 Å². The quantitative estimate of drug-likeness (QED) is 0.268. The first kappa shape index (κ1) is 21.3. The molecule has 0 N–H and O–H groups in total. The highest BCUT2D eigenvalue weighted by molar-refractivity contribution is 7.82. The smallest absolute Gasteiger partial charge is 0.360 e. The van der Waals surface area contributed by atoms with Gasteiger partial charge in [-0.3, -0.25) is 4.98 Å². The lowest BCUT2D eigenvalue weighted by Crippen LogP contribution is -2.37. The Bertz CT molecular complexity index is 942. The molecule has 7 heteroatoms. The van der Waals surface area contributed by atoms with E-state index in [1.165, 1.54) is 13.0 Å². The van der Waals surface area contributed by atoms with Crippen molar-refractivity contribution < 1.29 is 18.7 Å². The van der Waals surface area contributed by atoms with Crippen LogP contribution in [0.3, 0.4) is 0 Å². The number of esters is 1. The summed E-state index contributed by atoms with van der Waals surface area (Å²) in [5.74, 6) is 1.79. The number of hydrogen-bond donors (Lipinski definition) is 1. The average molecular weight is 406 g/mol. The zero-order chi connectivity index (χ0) is 20.4. The molecule has 0 amide bonds. The molecule has 0 aliphatic rings. The normalized spacial score (nSPS) is 13.5. The van der Waals surface area contributed by atoms with Crippen LogP contribution in [0.2, 0.25) is 19.6 Å². The number of nitrogens with zero attached hydrogens (tertiary/aromatic N) is 1. The van der Waals surface area contributed by atoms with Crippen LogP contribution in [0.1, 0.15) is 25.0 Å². The second kappa shape index (κ2) is 7.91. The molecule has 0 saturated carbocycles. The fourth-order valence-electron chi connectivity index (χ4n) is 2.32. The molecule has 0 saturated heterocycles. The average Bonchev–Trinajstić information content (AvgIpc) is 2.57. The molecule has 0 radical (unpaired) electrons. The Hall–Kier alpha value is -2.04. The molecule has 144 valence electrons. The summed E-state index contributed by atoms with van der Waals surface area (Å²) in [6.45, 7) is 11.4. The van der Waals surface area contributed by atoms with E-state index in [1.807, 2.05) is 6.07 Å². The Balaban J connectivity index is 2.50. The fraction of sp³-hybridized carbons (Fsp3) is 0.400.